The van der Waals surface area contributed by atoms with Gasteiger partial charge in [0.1, 0.15) is 0 Å². The van der Waals surface area contributed by atoms with Crippen molar-refractivity contribution in [1.82, 2.24) is 0 Å². The zero-order valence-electron chi connectivity index (χ0n) is 15.3. The van der Waals surface area contributed by atoms with Gasteiger partial charge in [0.15, 0.2) is 6.54 Å². The van der Waals surface area contributed by atoms with E-state index in [9.17, 15) is 9.59 Å². The van der Waals surface area contributed by atoms with Crippen molar-refractivity contribution in [2.75, 3.05) is 25.0 Å². The maximum absolute atomic E-state index is 12.5. The van der Waals surface area contributed by atoms with Crippen LogP contribution in [0.15, 0.2) is 59.5 Å². The maximum Gasteiger partial charge on any atom is 0.279 e. The first kappa shape index (κ1) is 19.5. The number of para-hydroxylation sites is 1. The van der Waals surface area contributed by atoms with Gasteiger partial charge in [-0.15, -0.1) is 11.8 Å². The molecule has 0 aromatic heterocycles. The lowest BCUT2D eigenvalue weighted by Crippen LogP contribution is -3.14. The Kier molecular flexibility index (Phi) is 6.90. The zero-order chi connectivity index (χ0) is 19.1. The van der Waals surface area contributed by atoms with E-state index in [-0.39, 0.29) is 17.7 Å². The third kappa shape index (κ3) is 5.84. The van der Waals surface area contributed by atoms with E-state index >= 15 is 0 Å². The average molecular weight is 385 g/mol. The molecule has 0 unspecified atom stereocenters. The molecule has 1 heterocycles. The Labute approximate surface area is 164 Å². The molecule has 1 aliphatic heterocycles. The monoisotopic (exact) mass is 384 g/mol. The van der Waals surface area contributed by atoms with Crippen LogP contribution < -0.4 is 16.0 Å². The number of quaternary nitrogens is 1. The number of amides is 2. The van der Waals surface area contributed by atoms with Crippen LogP contribution in [-0.2, 0) is 15.3 Å². The van der Waals surface area contributed by atoms with Crippen molar-refractivity contribution in [2.24, 2.45) is 11.7 Å². The molecule has 2 aromatic rings. The Morgan fingerprint density at radius 1 is 1.04 bits per heavy atom. The van der Waals surface area contributed by atoms with E-state index in [1.54, 1.807) is 11.8 Å². The van der Waals surface area contributed by atoms with Gasteiger partial charge in [-0.1, -0.05) is 42.5 Å². The van der Waals surface area contributed by atoms with Crippen LogP contribution in [0.25, 0.3) is 0 Å². The minimum absolute atomic E-state index is 0.00952. The van der Waals surface area contributed by atoms with Crippen LogP contribution in [0.2, 0.25) is 0 Å². The van der Waals surface area contributed by atoms with Crippen molar-refractivity contribution in [3.63, 3.8) is 0 Å². The summed E-state index contributed by atoms with van der Waals surface area (Å²) >= 11 is 1.72. The van der Waals surface area contributed by atoms with E-state index in [0.717, 1.165) is 42.3 Å². The molecule has 0 atom stereocenters. The van der Waals surface area contributed by atoms with Gasteiger partial charge in [0.25, 0.3) is 5.91 Å². The molecule has 142 valence electrons. The molecule has 6 heteroatoms. The first-order valence-electron chi connectivity index (χ1n) is 9.30. The normalized spacial score (nSPS) is 19.4. The molecule has 0 spiro atoms. The summed E-state index contributed by atoms with van der Waals surface area (Å²) in [5.74, 6) is 0.615. The fourth-order valence-corrected chi connectivity index (χ4v) is 4.30. The van der Waals surface area contributed by atoms with E-state index in [1.807, 2.05) is 42.5 Å². The number of likely N-dealkylation sites (tertiary alicyclic amines) is 1. The van der Waals surface area contributed by atoms with E-state index < -0.39 is 0 Å². The Morgan fingerprint density at radius 2 is 1.70 bits per heavy atom. The van der Waals surface area contributed by atoms with E-state index in [0.29, 0.717) is 6.54 Å². The predicted octanol–water partition coefficient (Wildman–Crippen LogP) is 1.70. The number of nitrogens with two attached hydrogens (primary N) is 1. The summed E-state index contributed by atoms with van der Waals surface area (Å²) in [6, 6.07) is 18.2. The largest absolute Gasteiger partial charge is 0.369 e. The predicted molar refractivity (Wildman–Crippen MR) is 109 cm³/mol. The van der Waals surface area contributed by atoms with Crippen LogP contribution in [0.3, 0.4) is 0 Å². The standard InChI is InChI=1S/C21H25N3O2S/c22-21(26)17-10-12-24(13-11-17)14-20(25)23-18-8-4-5-9-19(18)27-15-16-6-2-1-3-7-16/h1-9,17H,10-15H2,(H2,22,26)(H,23,25)/p+1. The molecular formula is C21H26N3O2S+. The number of hydrogen-bond donors (Lipinski definition) is 3. The Morgan fingerprint density at radius 3 is 2.41 bits per heavy atom. The summed E-state index contributed by atoms with van der Waals surface area (Å²) < 4.78 is 0. The summed E-state index contributed by atoms with van der Waals surface area (Å²) in [4.78, 5) is 26.0. The van der Waals surface area contributed by atoms with E-state index in [2.05, 4.69) is 17.4 Å². The number of rotatable bonds is 7. The van der Waals surface area contributed by atoms with Crippen molar-refractivity contribution >= 4 is 29.3 Å². The van der Waals surface area contributed by atoms with E-state index in [1.165, 1.54) is 10.5 Å². The van der Waals surface area contributed by atoms with Gasteiger partial charge in [-0.25, -0.2) is 0 Å². The highest BCUT2D eigenvalue weighted by Crippen LogP contribution is 2.29. The van der Waals surface area contributed by atoms with Crippen LogP contribution in [-0.4, -0.2) is 31.4 Å². The second kappa shape index (κ2) is 9.58. The van der Waals surface area contributed by atoms with Crippen LogP contribution in [0, 0.1) is 5.92 Å². The highest BCUT2D eigenvalue weighted by Gasteiger charge is 2.27. The van der Waals surface area contributed by atoms with Crippen molar-refractivity contribution in [3.05, 3.63) is 60.2 Å². The molecule has 1 fully saturated rings. The fourth-order valence-electron chi connectivity index (χ4n) is 3.34. The van der Waals surface area contributed by atoms with Crippen LogP contribution in [0.4, 0.5) is 5.69 Å². The molecule has 0 aliphatic carbocycles. The third-order valence-electron chi connectivity index (χ3n) is 4.90. The highest BCUT2D eigenvalue weighted by molar-refractivity contribution is 7.98. The van der Waals surface area contributed by atoms with Gasteiger partial charge < -0.3 is 16.0 Å². The Balaban J connectivity index is 1.53. The summed E-state index contributed by atoms with van der Waals surface area (Å²) in [5, 5.41) is 3.06. The number of hydrogen-bond acceptors (Lipinski definition) is 3. The number of carbonyl (C=O) groups is 2. The lowest BCUT2D eigenvalue weighted by atomic mass is 9.96. The molecule has 3 rings (SSSR count). The molecule has 0 radical (unpaired) electrons. The molecule has 0 bridgehead atoms. The van der Waals surface area contributed by atoms with Gasteiger partial charge in [-0.2, -0.15) is 0 Å². The molecule has 4 N–H and O–H groups in total. The second-order valence-electron chi connectivity index (χ2n) is 6.92. The highest BCUT2D eigenvalue weighted by atomic mass is 32.2. The minimum atomic E-state index is -0.220. The quantitative estimate of drug-likeness (QED) is 0.636. The summed E-state index contributed by atoms with van der Waals surface area (Å²) in [7, 11) is 0. The summed E-state index contributed by atoms with van der Waals surface area (Å²) in [5.41, 5.74) is 7.48. The van der Waals surface area contributed by atoms with Gasteiger partial charge >= 0.3 is 0 Å². The number of piperidine rings is 1. The summed E-state index contributed by atoms with van der Waals surface area (Å²) in [6.45, 7) is 2.04. The second-order valence-corrected chi connectivity index (χ2v) is 7.94. The first-order valence-corrected chi connectivity index (χ1v) is 10.3. The number of primary amides is 1. The Hall–Kier alpha value is -2.31. The SMILES string of the molecule is NC(=O)C1CC[NH+](CC(=O)Nc2ccccc2SCc2ccccc2)CC1. The molecule has 2 amide bonds. The van der Waals surface area contributed by atoms with Crippen molar-refractivity contribution in [2.45, 2.75) is 23.5 Å². The minimum Gasteiger partial charge on any atom is -0.369 e. The molecule has 1 aliphatic rings. The van der Waals surface area contributed by atoms with Gasteiger partial charge in [0.05, 0.1) is 18.8 Å². The molecule has 27 heavy (non-hydrogen) atoms. The van der Waals surface area contributed by atoms with Gasteiger partial charge in [-0.05, 0) is 17.7 Å². The van der Waals surface area contributed by atoms with Gasteiger partial charge in [0.2, 0.25) is 5.91 Å². The number of nitrogens with one attached hydrogen (secondary N) is 2. The Bertz CT molecular complexity index is 774. The average Bonchev–Trinajstić information content (AvgIpc) is 2.68. The number of thioether (sulfide) groups is 1. The summed E-state index contributed by atoms with van der Waals surface area (Å²) in [6.07, 6.45) is 1.53. The molecular weight excluding hydrogens is 358 g/mol. The van der Waals surface area contributed by atoms with Crippen molar-refractivity contribution < 1.29 is 14.5 Å². The van der Waals surface area contributed by atoms with Crippen LogP contribution in [0.5, 0.6) is 0 Å². The number of carbonyl (C=O) groups excluding carboxylic acids is 2. The molecule has 2 aromatic carbocycles. The fraction of sp³-hybridized carbons (Fsp3) is 0.333. The lowest BCUT2D eigenvalue weighted by Gasteiger charge is -2.27. The molecule has 0 saturated carbocycles. The lowest BCUT2D eigenvalue weighted by molar-refractivity contribution is -0.897. The van der Waals surface area contributed by atoms with Crippen LogP contribution in [0.1, 0.15) is 18.4 Å². The van der Waals surface area contributed by atoms with E-state index in [4.69, 9.17) is 5.73 Å². The molecule has 5 nitrogen and oxygen atoms in total. The van der Waals surface area contributed by atoms with Crippen LogP contribution >= 0.6 is 11.8 Å². The first-order chi connectivity index (χ1) is 13.1. The topological polar surface area (TPSA) is 76.6 Å². The number of anilines is 1. The smallest absolute Gasteiger partial charge is 0.279 e. The maximum atomic E-state index is 12.5. The zero-order valence-corrected chi connectivity index (χ0v) is 16.1. The van der Waals surface area contributed by atoms with Gasteiger partial charge in [0, 0.05) is 29.4 Å². The van der Waals surface area contributed by atoms with Crippen molar-refractivity contribution in [3.8, 4) is 0 Å². The van der Waals surface area contributed by atoms with Gasteiger partial charge in [-0.3, -0.25) is 9.59 Å². The van der Waals surface area contributed by atoms with Crippen molar-refractivity contribution in [1.29, 1.82) is 0 Å². The third-order valence-corrected chi connectivity index (χ3v) is 6.05. The molecule has 1 saturated heterocycles. The number of benzene rings is 2.